The summed E-state index contributed by atoms with van der Waals surface area (Å²) >= 11 is 4.53. The van der Waals surface area contributed by atoms with E-state index < -0.39 is 6.92 Å². The molecule has 0 fully saturated rings. The molecule has 4 heteroatoms. The third kappa shape index (κ3) is 2.67. The minimum atomic E-state index is -0.937. The van der Waals surface area contributed by atoms with E-state index in [0.717, 1.165) is 0 Å². The van der Waals surface area contributed by atoms with E-state index in [4.69, 9.17) is 5.11 Å². The van der Waals surface area contributed by atoms with Gasteiger partial charge in [-0.2, -0.15) is 4.52 Å². The normalized spacial score (nSPS) is 11.3. The minimum Gasteiger partial charge on any atom is -0.353 e. The van der Waals surface area contributed by atoms with E-state index in [9.17, 15) is 0 Å². The van der Waals surface area contributed by atoms with Gasteiger partial charge in [-0.05, 0) is 0 Å². The van der Waals surface area contributed by atoms with Crippen molar-refractivity contribution in [3.8, 4) is 0 Å². The first-order chi connectivity index (χ1) is 2.81. The van der Waals surface area contributed by atoms with Crippen molar-refractivity contribution in [1.82, 2.24) is 0 Å². The Kier molecular flexibility index (Phi) is 3.89. The third-order valence-electron chi connectivity index (χ3n) is 0.319. The van der Waals surface area contributed by atoms with Gasteiger partial charge in [0.2, 0.25) is 6.35 Å². The predicted octanol–water partition coefficient (Wildman–Crippen LogP) is 0.441. The van der Waals surface area contributed by atoms with E-state index in [0.29, 0.717) is 0 Å². The maximum Gasteiger partial charge on any atom is 0.366 e. The van der Waals surface area contributed by atoms with Crippen LogP contribution in [0.15, 0.2) is 0 Å². The van der Waals surface area contributed by atoms with Crippen molar-refractivity contribution in [3.63, 3.8) is 0 Å². The van der Waals surface area contributed by atoms with Crippen LogP contribution in [0.5, 0.6) is 0 Å². The summed E-state index contributed by atoms with van der Waals surface area (Å²) in [5, 5.41) is 8.13. The summed E-state index contributed by atoms with van der Waals surface area (Å²) in [5.41, 5.74) is 0. The van der Waals surface area contributed by atoms with E-state index in [1.165, 1.54) is 7.11 Å². The van der Waals surface area contributed by atoms with Crippen molar-refractivity contribution in [2.75, 3.05) is 13.5 Å². The lowest BCUT2D eigenvalue weighted by molar-refractivity contribution is 0.349. The molecule has 0 spiro atoms. The molecule has 1 N–H and O–H groups in total. The quantitative estimate of drug-likeness (QED) is 0.543. The highest BCUT2D eigenvalue weighted by molar-refractivity contribution is 8.02. The second-order valence-corrected chi connectivity index (χ2v) is 3.19. The molecular weight excluding hydrogens is 119 g/mol. The smallest absolute Gasteiger partial charge is 0.353 e. The Morgan fingerprint density at radius 3 is 2.50 bits per heavy atom. The second-order valence-electron chi connectivity index (χ2n) is 0.657. The summed E-state index contributed by atoms with van der Waals surface area (Å²) in [6.45, 7) is -0.937. The van der Waals surface area contributed by atoms with Crippen LogP contribution in [0.3, 0.4) is 0 Å². The largest absolute Gasteiger partial charge is 0.366 e. The number of rotatable bonds is 2. The fourth-order valence-electron chi connectivity index (χ4n) is 0.0577. The summed E-state index contributed by atoms with van der Waals surface area (Å²) in [5.74, 6) is 0. The Hall–Kier alpha value is 0.440. The van der Waals surface area contributed by atoms with Crippen LogP contribution in [0.1, 0.15) is 0 Å². The molecular formula is C2H6O2PS+. The molecule has 0 amide bonds. The Morgan fingerprint density at radius 2 is 2.50 bits per heavy atom. The van der Waals surface area contributed by atoms with Crippen LogP contribution in [0.4, 0.5) is 0 Å². The molecule has 0 saturated heterocycles. The molecule has 0 aromatic heterocycles. The predicted molar refractivity (Wildman–Crippen MR) is 28.4 cm³/mol. The van der Waals surface area contributed by atoms with Crippen molar-refractivity contribution >= 4 is 18.7 Å². The second kappa shape index (κ2) is 3.62. The van der Waals surface area contributed by atoms with Crippen LogP contribution in [-0.4, -0.2) is 18.6 Å². The number of hydrogen-bond acceptors (Lipinski definition) is 3. The zero-order valence-electron chi connectivity index (χ0n) is 3.42. The lowest BCUT2D eigenvalue weighted by Gasteiger charge is -1.72. The van der Waals surface area contributed by atoms with Crippen molar-refractivity contribution in [3.05, 3.63) is 0 Å². The van der Waals surface area contributed by atoms with E-state index in [-0.39, 0.29) is 6.35 Å². The zero-order valence-corrected chi connectivity index (χ0v) is 5.13. The third-order valence-corrected chi connectivity index (χ3v) is 1.75. The molecule has 0 bridgehead atoms. The molecule has 0 rings (SSSR count). The highest BCUT2D eigenvalue weighted by Crippen LogP contribution is 2.16. The average molecular weight is 125 g/mol. The van der Waals surface area contributed by atoms with Gasteiger partial charge in [0.05, 0.1) is 7.11 Å². The first kappa shape index (κ1) is 6.44. The summed E-state index contributed by atoms with van der Waals surface area (Å²) in [4.78, 5) is 0. The van der Waals surface area contributed by atoms with Gasteiger partial charge in [0.1, 0.15) is 0 Å². The molecule has 0 radical (unpaired) electrons. The molecule has 0 heterocycles. The van der Waals surface area contributed by atoms with Crippen LogP contribution in [0.25, 0.3) is 0 Å². The summed E-state index contributed by atoms with van der Waals surface area (Å²) in [7, 11) is 1.49. The van der Waals surface area contributed by atoms with Crippen molar-refractivity contribution < 1.29 is 9.63 Å². The van der Waals surface area contributed by atoms with Crippen LogP contribution < -0.4 is 0 Å². The minimum absolute atomic E-state index is 0.0127. The van der Waals surface area contributed by atoms with E-state index >= 15 is 0 Å². The first-order valence-electron chi connectivity index (χ1n) is 1.41. The fourth-order valence-corrected chi connectivity index (χ4v) is 0.173. The Labute approximate surface area is 42.6 Å². The molecule has 1 atom stereocenters. The molecule has 36 valence electrons. The van der Waals surface area contributed by atoms with Gasteiger partial charge < -0.3 is 5.11 Å². The highest BCUT2D eigenvalue weighted by Gasteiger charge is 2.00. The van der Waals surface area contributed by atoms with Gasteiger partial charge >= 0.3 is 6.92 Å². The van der Waals surface area contributed by atoms with E-state index in [1.807, 2.05) is 0 Å². The maximum absolute atomic E-state index is 8.13. The molecule has 0 aromatic rings. The molecule has 0 aromatic carbocycles. The lowest BCUT2D eigenvalue weighted by atomic mass is 11.7. The Balaban J connectivity index is 2.99. The summed E-state index contributed by atoms with van der Waals surface area (Å²) in [6.07, 6.45) is -0.0127. The van der Waals surface area contributed by atoms with E-state index in [1.54, 1.807) is 0 Å². The fraction of sp³-hybridized carbons (Fsp3) is 1.00. The van der Waals surface area contributed by atoms with Gasteiger partial charge in [-0.25, -0.2) is 0 Å². The molecule has 0 saturated carbocycles. The maximum atomic E-state index is 8.13. The number of aliphatic hydroxyl groups is 1. The van der Waals surface area contributed by atoms with Crippen molar-refractivity contribution in [1.29, 1.82) is 0 Å². The monoisotopic (exact) mass is 125 g/mol. The highest BCUT2D eigenvalue weighted by atomic mass is 32.4. The van der Waals surface area contributed by atoms with Gasteiger partial charge in [-0.15, -0.1) is 0 Å². The van der Waals surface area contributed by atoms with Crippen molar-refractivity contribution in [2.24, 2.45) is 0 Å². The van der Waals surface area contributed by atoms with E-state index in [2.05, 4.69) is 16.3 Å². The van der Waals surface area contributed by atoms with Gasteiger partial charge in [-0.1, -0.05) is 0 Å². The summed E-state index contributed by atoms with van der Waals surface area (Å²) in [6, 6.07) is 0. The lowest BCUT2D eigenvalue weighted by Crippen LogP contribution is -1.71. The average Bonchev–Trinajstić information content (AvgIpc) is 1.65. The molecule has 2 nitrogen and oxygen atoms in total. The molecule has 0 aliphatic heterocycles. The van der Waals surface area contributed by atoms with Crippen LogP contribution in [0.2, 0.25) is 0 Å². The van der Waals surface area contributed by atoms with Crippen LogP contribution in [0, 0.1) is 0 Å². The van der Waals surface area contributed by atoms with Gasteiger partial charge in [-0.3, -0.25) is 0 Å². The Morgan fingerprint density at radius 1 is 2.00 bits per heavy atom. The molecule has 1 unspecified atom stereocenters. The molecule has 0 aliphatic carbocycles. The first-order valence-corrected chi connectivity index (χ1v) is 3.86. The van der Waals surface area contributed by atoms with Crippen LogP contribution >= 0.6 is 6.92 Å². The van der Waals surface area contributed by atoms with Gasteiger partial charge in [0.25, 0.3) is 0 Å². The number of aliphatic hydroxyl groups excluding tert-OH is 1. The van der Waals surface area contributed by atoms with Gasteiger partial charge in [0.15, 0.2) is 11.8 Å². The zero-order chi connectivity index (χ0) is 4.99. The standard InChI is InChI=1S/C2H6O2PS/c1-4-5(6)2-3/h3H,2H2,1H3/q+1. The molecule has 0 aliphatic rings. The van der Waals surface area contributed by atoms with Crippen LogP contribution in [-0.2, 0) is 16.3 Å². The number of hydrogen-bond donors (Lipinski definition) is 1. The summed E-state index contributed by atoms with van der Waals surface area (Å²) < 4.78 is 4.53. The SMILES string of the molecule is CO[P+](=S)CO. The Bertz CT molecular complexity index is 49.5. The topological polar surface area (TPSA) is 29.5 Å². The van der Waals surface area contributed by atoms with Gasteiger partial charge in [0, 0.05) is 0 Å². The van der Waals surface area contributed by atoms with Crippen molar-refractivity contribution in [2.45, 2.75) is 0 Å². The molecule has 6 heavy (non-hydrogen) atoms.